The number of hydrogen-bond acceptors (Lipinski definition) is 3. The van der Waals surface area contributed by atoms with E-state index in [1.165, 1.54) is 12.1 Å². The molecular weight excluding hydrogens is 258 g/mol. The molecule has 2 rings (SSSR count). The molecule has 1 aliphatic rings. The van der Waals surface area contributed by atoms with Crippen LogP contribution in [0.4, 0.5) is 5.69 Å². The van der Waals surface area contributed by atoms with Gasteiger partial charge in [-0.05, 0) is 36.0 Å². The van der Waals surface area contributed by atoms with Crippen LogP contribution >= 0.6 is 11.6 Å². The Morgan fingerprint density at radius 2 is 2.17 bits per heavy atom. The Morgan fingerprint density at radius 3 is 2.67 bits per heavy atom. The number of carbonyl (C=O) groups is 1. The lowest BCUT2D eigenvalue weighted by molar-refractivity contribution is -0.384. The Balaban J connectivity index is 2.45. The minimum atomic E-state index is -1.05. The quantitative estimate of drug-likeness (QED) is 0.516. The predicted molar refractivity (Wildman–Crippen MR) is 66.4 cm³/mol. The third-order valence-corrected chi connectivity index (χ3v) is 3.09. The Kier molecular flexibility index (Phi) is 3.34. The largest absolute Gasteiger partial charge is 0.478 e. The summed E-state index contributed by atoms with van der Waals surface area (Å²) < 4.78 is 0. The Morgan fingerprint density at radius 1 is 1.50 bits per heavy atom. The van der Waals surface area contributed by atoms with Crippen LogP contribution in [0.2, 0.25) is 5.02 Å². The van der Waals surface area contributed by atoms with Gasteiger partial charge in [0, 0.05) is 12.1 Å². The summed E-state index contributed by atoms with van der Waals surface area (Å²) in [6.07, 6.45) is 2.94. The van der Waals surface area contributed by atoms with Crippen LogP contribution in [0.15, 0.2) is 24.3 Å². The summed E-state index contributed by atoms with van der Waals surface area (Å²) in [5.41, 5.74) is 0.976. The first-order chi connectivity index (χ1) is 8.49. The molecule has 1 aromatic rings. The molecule has 6 heteroatoms. The van der Waals surface area contributed by atoms with Crippen molar-refractivity contribution >= 4 is 28.8 Å². The van der Waals surface area contributed by atoms with E-state index in [4.69, 9.17) is 16.7 Å². The summed E-state index contributed by atoms with van der Waals surface area (Å²) in [6, 6.07) is 4.37. The monoisotopic (exact) mass is 267 g/mol. The van der Waals surface area contributed by atoms with E-state index in [0.717, 1.165) is 18.9 Å². The third-order valence-electron chi connectivity index (χ3n) is 2.77. The second-order valence-corrected chi connectivity index (χ2v) is 4.54. The second-order valence-electron chi connectivity index (χ2n) is 4.14. The van der Waals surface area contributed by atoms with Crippen LogP contribution in [0.25, 0.3) is 5.57 Å². The van der Waals surface area contributed by atoms with Gasteiger partial charge in [0.15, 0.2) is 0 Å². The maximum absolute atomic E-state index is 10.8. The first kappa shape index (κ1) is 12.6. The lowest BCUT2D eigenvalue weighted by Gasteiger charge is -2.06. The van der Waals surface area contributed by atoms with Crippen LogP contribution in [0, 0.1) is 16.0 Å². The minimum Gasteiger partial charge on any atom is -0.478 e. The van der Waals surface area contributed by atoms with Gasteiger partial charge in [-0.15, -0.1) is 0 Å². The molecule has 0 saturated heterocycles. The van der Waals surface area contributed by atoms with Crippen LogP contribution in [0.5, 0.6) is 0 Å². The van der Waals surface area contributed by atoms with Gasteiger partial charge in [0.05, 0.1) is 4.92 Å². The summed E-state index contributed by atoms with van der Waals surface area (Å²) in [5.74, 6) is -0.864. The van der Waals surface area contributed by atoms with Gasteiger partial charge in [0.2, 0.25) is 0 Å². The molecule has 1 fully saturated rings. The molecule has 0 amide bonds. The van der Waals surface area contributed by atoms with Gasteiger partial charge in [-0.3, -0.25) is 10.1 Å². The Labute approximate surface area is 108 Å². The highest BCUT2D eigenvalue weighted by atomic mass is 35.5. The molecule has 18 heavy (non-hydrogen) atoms. The van der Waals surface area contributed by atoms with E-state index in [-0.39, 0.29) is 16.6 Å². The van der Waals surface area contributed by atoms with E-state index in [9.17, 15) is 14.9 Å². The van der Waals surface area contributed by atoms with E-state index in [1.807, 2.05) is 0 Å². The summed E-state index contributed by atoms with van der Waals surface area (Å²) in [5, 5.41) is 19.7. The number of nitrogens with zero attached hydrogens (tertiary/aromatic N) is 1. The van der Waals surface area contributed by atoms with Crippen LogP contribution in [0.1, 0.15) is 18.4 Å². The molecule has 94 valence electrons. The number of halogens is 1. The lowest BCUT2D eigenvalue weighted by Crippen LogP contribution is -1.96. The molecule has 0 aromatic heterocycles. The molecule has 1 aromatic carbocycles. The number of aliphatic carboxylic acids is 1. The highest BCUT2D eigenvalue weighted by molar-refractivity contribution is 6.32. The average molecular weight is 268 g/mol. The fraction of sp³-hybridized carbons (Fsp3) is 0.250. The van der Waals surface area contributed by atoms with Gasteiger partial charge >= 0.3 is 5.97 Å². The average Bonchev–Trinajstić information content (AvgIpc) is 3.10. The van der Waals surface area contributed by atoms with Crippen molar-refractivity contribution in [2.24, 2.45) is 5.92 Å². The molecule has 0 aliphatic heterocycles. The normalized spacial score (nSPS) is 15.5. The van der Waals surface area contributed by atoms with Crippen LogP contribution in [0.3, 0.4) is 0 Å². The number of carboxylic acid groups (broad SMARTS) is 1. The lowest BCUT2D eigenvalue weighted by atomic mass is 10.0. The molecule has 0 atom stereocenters. The SMILES string of the molecule is O=C(O)/C=C(\c1ccc(Cl)c([N+](=O)[O-])c1)C1CC1. The second kappa shape index (κ2) is 4.78. The molecular formula is C12H10ClNO4. The van der Waals surface area contributed by atoms with Gasteiger partial charge in [0.1, 0.15) is 5.02 Å². The summed E-state index contributed by atoms with van der Waals surface area (Å²) in [4.78, 5) is 21.0. The van der Waals surface area contributed by atoms with Gasteiger partial charge in [-0.25, -0.2) is 4.79 Å². The molecule has 0 bridgehead atoms. The maximum Gasteiger partial charge on any atom is 0.328 e. The molecule has 5 nitrogen and oxygen atoms in total. The van der Waals surface area contributed by atoms with E-state index in [1.54, 1.807) is 6.07 Å². The topological polar surface area (TPSA) is 80.4 Å². The van der Waals surface area contributed by atoms with Crippen molar-refractivity contribution in [3.8, 4) is 0 Å². The molecule has 0 radical (unpaired) electrons. The van der Waals surface area contributed by atoms with E-state index in [0.29, 0.717) is 11.1 Å². The highest BCUT2D eigenvalue weighted by Crippen LogP contribution is 2.43. The number of benzene rings is 1. The Hall–Kier alpha value is -1.88. The number of carboxylic acids is 1. The van der Waals surface area contributed by atoms with Crippen molar-refractivity contribution in [3.05, 3.63) is 45.0 Å². The molecule has 0 spiro atoms. The van der Waals surface area contributed by atoms with Crippen LogP contribution in [-0.4, -0.2) is 16.0 Å². The minimum absolute atomic E-state index is 0.0502. The zero-order valence-electron chi connectivity index (χ0n) is 9.30. The van der Waals surface area contributed by atoms with Gasteiger partial charge in [0.25, 0.3) is 5.69 Å². The zero-order valence-corrected chi connectivity index (χ0v) is 10.1. The summed E-state index contributed by atoms with van der Waals surface area (Å²) in [7, 11) is 0. The summed E-state index contributed by atoms with van der Waals surface area (Å²) >= 11 is 5.72. The van der Waals surface area contributed by atoms with Gasteiger partial charge in [-0.1, -0.05) is 17.7 Å². The van der Waals surface area contributed by atoms with E-state index < -0.39 is 10.9 Å². The van der Waals surface area contributed by atoms with E-state index >= 15 is 0 Å². The standard InChI is InChI=1S/C12H10ClNO4/c13-10-4-3-8(5-11(10)14(17)18)9(6-12(15)16)7-1-2-7/h3-7H,1-2H2,(H,15,16)/b9-6-. The third kappa shape index (κ3) is 2.68. The molecule has 1 saturated carbocycles. The van der Waals surface area contributed by atoms with Crippen molar-refractivity contribution < 1.29 is 14.8 Å². The first-order valence-electron chi connectivity index (χ1n) is 5.38. The highest BCUT2D eigenvalue weighted by Gasteiger charge is 2.28. The van der Waals surface area contributed by atoms with Crippen LogP contribution < -0.4 is 0 Å². The molecule has 0 heterocycles. The molecule has 0 unspecified atom stereocenters. The summed E-state index contributed by atoms with van der Waals surface area (Å²) in [6.45, 7) is 0. The van der Waals surface area contributed by atoms with Gasteiger partial charge in [-0.2, -0.15) is 0 Å². The van der Waals surface area contributed by atoms with Gasteiger partial charge < -0.3 is 5.11 Å². The first-order valence-corrected chi connectivity index (χ1v) is 5.75. The number of allylic oxidation sites excluding steroid dienone is 1. The molecule has 1 aliphatic carbocycles. The van der Waals surface area contributed by atoms with Crippen molar-refractivity contribution in [1.82, 2.24) is 0 Å². The fourth-order valence-electron chi connectivity index (χ4n) is 1.80. The number of nitro benzene ring substituents is 1. The van der Waals surface area contributed by atoms with Crippen molar-refractivity contribution in [2.45, 2.75) is 12.8 Å². The van der Waals surface area contributed by atoms with E-state index in [2.05, 4.69) is 0 Å². The van der Waals surface area contributed by atoms with Crippen molar-refractivity contribution in [1.29, 1.82) is 0 Å². The zero-order chi connectivity index (χ0) is 13.3. The maximum atomic E-state index is 10.8. The number of hydrogen-bond donors (Lipinski definition) is 1. The number of rotatable bonds is 4. The Bertz CT molecular complexity index is 549. The van der Waals surface area contributed by atoms with Crippen molar-refractivity contribution in [2.75, 3.05) is 0 Å². The van der Waals surface area contributed by atoms with Crippen LogP contribution in [-0.2, 0) is 4.79 Å². The predicted octanol–water partition coefficient (Wildman–Crippen LogP) is 3.13. The molecule has 1 N–H and O–H groups in total. The fourth-order valence-corrected chi connectivity index (χ4v) is 1.98. The smallest absolute Gasteiger partial charge is 0.328 e. The number of nitro groups is 1. The van der Waals surface area contributed by atoms with Crippen molar-refractivity contribution in [3.63, 3.8) is 0 Å².